The van der Waals surface area contributed by atoms with Crippen molar-refractivity contribution in [2.24, 2.45) is 0 Å². The summed E-state index contributed by atoms with van der Waals surface area (Å²) in [6, 6.07) is 7.51. The van der Waals surface area contributed by atoms with Crippen molar-refractivity contribution in [3.63, 3.8) is 0 Å². The minimum Gasteiger partial charge on any atom is -0.495 e. The minimum atomic E-state index is -4.42. The van der Waals surface area contributed by atoms with E-state index in [1.54, 1.807) is 31.0 Å². The number of fused-ring (bicyclic) bond motifs is 1. The van der Waals surface area contributed by atoms with Gasteiger partial charge >= 0.3 is 6.18 Å². The molecule has 0 spiro atoms. The summed E-state index contributed by atoms with van der Waals surface area (Å²) in [6.07, 6.45) is 3.87. The van der Waals surface area contributed by atoms with E-state index in [1.165, 1.54) is 15.9 Å². The topological polar surface area (TPSA) is 64.0 Å². The smallest absolute Gasteiger partial charge is 0.406 e. The van der Waals surface area contributed by atoms with Crippen LogP contribution in [-0.4, -0.2) is 78.2 Å². The van der Waals surface area contributed by atoms with Gasteiger partial charge in [0, 0.05) is 33.6 Å². The summed E-state index contributed by atoms with van der Waals surface area (Å²) < 4.78 is 63.3. The highest BCUT2D eigenvalue weighted by atomic mass is 32.2. The molecular weight excluding hydrogens is 600 g/mol. The molecule has 0 saturated carbocycles. The molecule has 2 N–H and O–H groups in total. The Hall–Kier alpha value is -3.03. The third kappa shape index (κ3) is 7.74. The molecule has 3 aromatic rings. The standard InChI is InChI=1S/C30H37F4N6OS2/c1-40(2)13-12-20(9-8-19(31)17-40)36-23-6-5-7-25-22(23)15-26(39(25)18-30(32,33)34)29-38-37-28(43-29)16-35-24-11-10-21(42-4)14-27(24)41-3/h7-11,14-15,19-20,35-36H,5-6,12-13,16-18H2,1-4H3/q+1. The van der Waals surface area contributed by atoms with Crippen molar-refractivity contribution in [2.45, 2.75) is 55.6 Å². The van der Waals surface area contributed by atoms with Crippen LogP contribution in [0.1, 0.15) is 24.3 Å². The predicted octanol–water partition coefficient (Wildman–Crippen LogP) is 4.93. The van der Waals surface area contributed by atoms with Crippen LogP contribution in [0.2, 0.25) is 0 Å². The van der Waals surface area contributed by atoms with Crippen LogP contribution in [0.5, 0.6) is 5.75 Å². The summed E-state index contributed by atoms with van der Waals surface area (Å²) in [5.41, 5.74) is 2.03. The lowest BCUT2D eigenvalue weighted by Crippen LogP contribution is -2.48. The lowest BCUT2D eigenvalue weighted by Gasteiger charge is -2.34. The van der Waals surface area contributed by atoms with Crippen molar-refractivity contribution in [3.8, 4) is 16.5 Å². The number of benzene rings is 1. The molecule has 1 aromatic carbocycles. The summed E-state index contributed by atoms with van der Waals surface area (Å²) >= 11 is 2.87. The average Bonchev–Trinajstić information content (AvgIpc) is 3.56. The van der Waals surface area contributed by atoms with Crippen molar-refractivity contribution < 1.29 is 26.8 Å². The number of hydrogen-bond acceptors (Lipinski definition) is 7. The Balaban J connectivity index is 1.46. The second-order valence-corrected chi connectivity index (χ2v) is 13.4. The fourth-order valence-electron chi connectivity index (χ4n) is 5.54. The van der Waals surface area contributed by atoms with Crippen molar-refractivity contribution >= 4 is 40.6 Å². The number of anilines is 1. The summed E-state index contributed by atoms with van der Waals surface area (Å²) in [5, 5.41) is 17.7. The maximum atomic E-state index is 14.5. The maximum Gasteiger partial charge on any atom is 0.406 e. The van der Waals surface area contributed by atoms with E-state index in [9.17, 15) is 17.6 Å². The van der Waals surface area contributed by atoms with E-state index in [0.29, 0.717) is 57.2 Å². The molecule has 0 bridgehead atoms. The van der Waals surface area contributed by atoms with E-state index in [1.807, 2.05) is 50.7 Å². The Morgan fingerprint density at radius 2 is 2.00 bits per heavy atom. The highest BCUT2D eigenvalue weighted by Gasteiger charge is 2.31. The fraction of sp³-hybridized carbons (Fsp3) is 0.467. The van der Waals surface area contributed by atoms with Crippen LogP contribution in [0.15, 0.2) is 41.3 Å². The number of quaternary nitrogens is 1. The first-order chi connectivity index (χ1) is 20.4. The number of rotatable bonds is 9. The summed E-state index contributed by atoms with van der Waals surface area (Å²) in [7, 11) is 5.63. The second-order valence-electron chi connectivity index (χ2n) is 11.5. The Morgan fingerprint density at radius 1 is 1.19 bits per heavy atom. The molecule has 1 aliphatic heterocycles. The first-order valence-corrected chi connectivity index (χ1v) is 16.2. The van der Waals surface area contributed by atoms with Crippen LogP contribution in [0.4, 0.5) is 23.2 Å². The zero-order chi connectivity index (χ0) is 30.8. The van der Waals surface area contributed by atoms with Crippen LogP contribution in [0.25, 0.3) is 22.5 Å². The largest absolute Gasteiger partial charge is 0.495 e. The lowest BCUT2D eigenvalue weighted by molar-refractivity contribution is -0.892. The van der Waals surface area contributed by atoms with Gasteiger partial charge in [-0.25, -0.2) is 4.39 Å². The number of alkyl halides is 4. The zero-order valence-electron chi connectivity index (χ0n) is 24.7. The van der Waals surface area contributed by atoms with Crippen molar-refractivity contribution in [1.82, 2.24) is 20.1 Å². The molecule has 232 valence electrons. The van der Waals surface area contributed by atoms with Crippen LogP contribution >= 0.6 is 23.1 Å². The van der Waals surface area contributed by atoms with Gasteiger partial charge in [-0.2, -0.15) is 13.2 Å². The van der Waals surface area contributed by atoms with Gasteiger partial charge in [-0.1, -0.05) is 23.5 Å². The first-order valence-electron chi connectivity index (χ1n) is 14.1. The zero-order valence-corrected chi connectivity index (χ0v) is 26.3. The molecule has 1 aliphatic carbocycles. The third-order valence-electron chi connectivity index (χ3n) is 7.68. The van der Waals surface area contributed by atoms with Gasteiger partial charge in [0.15, 0.2) is 11.2 Å². The number of ether oxygens (including phenoxy) is 1. The molecule has 13 heteroatoms. The molecule has 0 radical (unpaired) electrons. The van der Waals surface area contributed by atoms with Crippen LogP contribution in [-0.2, 0) is 13.1 Å². The van der Waals surface area contributed by atoms with E-state index in [-0.39, 0.29) is 6.04 Å². The molecule has 43 heavy (non-hydrogen) atoms. The highest BCUT2D eigenvalue weighted by Crippen LogP contribution is 2.31. The molecule has 0 fully saturated rings. The molecule has 2 atom stereocenters. The molecule has 2 aromatic heterocycles. The van der Waals surface area contributed by atoms with Gasteiger partial charge < -0.3 is 24.4 Å². The number of aromatic nitrogens is 3. The molecule has 0 amide bonds. The third-order valence-corrected chi connectivity index (χ3v) is 9.35. The number of halogens is 4. The average molecular weight is 638 g/mol. The number of hydrogen-bond donors (Lipinski definition) is 2. The number of nitrogens with one attached hydrogen (secondary N) is 2. The Bertz CT molecular complexity index is 1600. The lowest BCUT2D eigenvalue weighted by atomic mass is 10.0. The van der Waals surface area contributed by atoms with Crippen LogP contribution in [0.3, 0.4) is 0 Å². The monoisotopic (exact) mass is 637 g/mol. The second kappa shape index (κ2) is 12.9. The van der Waals surface area contributed by atoms with Crippen LogP contribution in [0, 0.1) is 0 Å². The van der Waals surface area contributed by atoms with Gasteiger partial charge in [0.2, 0.25) is 0 Å². The fourth-order valence-corrected chi connectivity index (χ4v) is 6.78. The Morgan fingerprint density at radius 3 is 2.74 bits per heavy atom. The Labute approximate surface area is 256 Å². The number of nitrogens with zero attached hydrogens (tertiary/aromatic N) is 4. The van der Waals surface area contributed by atoms with Gasteiger partial charge in [0.25, 0.3) is 0 Å². The van der Waals surface area contributed by atoms with Crippen molar-refractivity contribution in [2.75, 3.05) is 45.9 Å². The van der Waals surface area contributed by atoms with Gasteiger partial charge in [0.05, 0.1) is 45.7 Å². The molecule has 3 heterocycles. The van der Waals surface area contributed by atoms with E-state index >= 15 is 0 Å². The van der Waals surface area contributed by atoms with E-state index in [4.69, 9.17) is 4.74 Å². The van der Waals surface area contributed by atoms with Gasteiger partial charge in [-0.3, -0.25) is 0 Å². The number of methoxy groups -OCH3 is 1. The molecule has 2 unspecified atom stereocenters. The first kappa shape index (κ1) is 31.4. The molecule has 7 nitrogen and oxygen atoms in total. The van der Waals surface area contributed by atoms with Gasteiger partial charge in [0.1, 0.15) is 23.8 Å². The highest BCUT2D eigenvalue weighted by molar-refractivity contribution is 7.98. The van der Waals surface area contributed by atoms with Gasteiger partial charge in [-0.05, 0) is 49.4 Å². The SMILES string of the molecule is COc1cc(SC)ccc1NCc1nnc(-c2cc3c(n2CC(F)(F)F)=CCCC=3NC2C=CC(F)C[N+](C)(C)CC2)s1. The summed E-state index contributed by atoms with van der Waals surface area (Å²) in [4.78, 5) is 1.07. The molecule has 0 saturated heterocycles. The summed E-state index contributed by atoms with van der Waals surface area (Å²) in [5.74, 6) is 0.693. The van der Waals surface area contributed by atoms with Crippen molar-refractivity contribution in [3.05, 3.63) is 52.0 Å². The quantitative estimate of drug-likeness (QED) is 0.150. The maximum absolute atomic E-state index is 14.5. The number of thioether (sulfide) groups is 1. The van der Waals surface area contributed by atoms with E-state index < -0.39 is 18.9 Å². The van der Waals surface area contributed by atoms with Gasteiger partial charge in [-0.15, -0.1) is 22.0 Å². The molecule has 5 rings (SSSR count). The summed E-state index contributed by atoms with van der Waals surface area (Å²) in [6.45, 7) is 0.409. The minimum absolute atomic E-state index is 0.118. The molecular formula is C30H37F4N6OS2+. The van der Waals surface area contributed by atoms with E-state index in [2.05, 4.69) is 20.8 Å². The normalized spacial score (nSPS) is 20.1. The van der Waals surface area contributed by atoms with Crippen molar-refractivity contribution in [1.29, 1.82) is 0 Å². The Kier molecular flexibility index (Phi) is 9.43. The molecule has 2 aliphatic rings. The van der Waals surface area contributed by atoms with E-state index in [0.717, 1.165) is 34.5 Å². The van der Waals surface area contributed by atoms with Crippen LogP contribution < -0.4 is 25.9 Å². The predicted molar refractivity (Wildman–Crippen MR) is 165 cm³/mol.